The zero-order valence-electron chi connectivity index (χ0n) is 40.7. The molecule has 68 heavy (non-hydrogen) atoms. The molecule has 0 aliphatic rings. The number of hydrogen-bond acceptors (Lipinski definition) is 22. The predicted molar refractivity (Wildman–Crippen MR) is 267 cm³/mol. The number of esters is 3. The van der Waals surface area contributed by atoms with Gasteiger partial charge in [0, 0.05) is 25.9 Å². The fourth-order valence-corrected chi connectivity index (χ4v) is 5.45. The van der Waals surface area contributed by atoms with E-state index in [9.17, 15) is 33.6 Å². The molecule has 394 valence electrons. The molecule has 3 amide bonds. The van der Waals surface area contributed by atoms with Gasteiger partial charge in [-0.25, -0.2) is 0 Å². The largest absolute Gasteiger partial charge is 0.464 e. The number of carbonyl (C=O) groups is 7. The van der Waals surface area contributed by atoms with Gasteiger partial charge in [-0.05, 0) is 56.2 Å². The summed E-state index contributed by atoms with van der Waals surface area (Å²) in [5.41, 5.74) is 24.1. The maximum atomic E-state index is 12.9. The van der Waals surface area contributed by atoms with Crippen LogP contribution in [0.15, 0.2) is 30.3 Å². The molecule has 0 radical (unpaired) electrons. The number of rotatable bonds is 33. The first-order valence-electron chi connectivity index (χ1n) is 22.2. The van der Waals surface area contributed by atoms with Crippen LogP contribution in [0.4, 0.5) is 0 Å². The number of amides is 3. The van der Waals surface area contributed by atoms with Gasteiger partial charge >= 0.3 is 17.9 Å². The van der Waals surface area contributed by atoms with Gasteiger partial charge in [-0.1, -0.05) is 58.0 Å². The minimum atomic E-state index is -1.04. The van der Waals surface area contributed by atoms with Crippen LogP contribution in [0, 0.1) is 11.8 Å². The lowest BCUT2D eigenvalue weighted by molar-refractivity contribution is -0.147. The molecular weight excluding hydrogens is 927 g/mol. The normalized spacial score (nSPS) is 13.7. The first kappa shape index (κ1) is 68.3. The zero-order valence-corrected chi connectivity index (χ0v) is 42.5. The first-order valence-corrected chi connectivity index (χ1v) is 24.0. The quantitative estimate of drug-likeness (QED) is 0.0109. The average Bonchev–Trinajstić information content (AvgIpc) is 3.32. The van der Waals surface area contributed by atoms with E-state index in [4.69, 9.17) is 47.4 Å². The van der Waals surface area contributed by atoms with Crippen molar-refractivity contribution in [3.8, 4) is 0 Å². The van der Waals surface area contributed by atoms with Gasteiger partial charge in [0.25, 0.3) is 0 Å². The van der Waals surface area contributed by atoms with Crippen LogP contribution >= 0.6 is 25.3 Å². The van der Waals surface area contributed by atoms with Crippen molar-refractivity contribution in [3.63, 3.8) is 0 Å². The number of aliphatic hydroxyl groups is 2. The predicted octanol–water partition coefficient (Wildman–Crippen LogP) is -3.04. The standard InChI is InChI=1S/C37H66N10O10.C4H9NO2.2CH4S/c1-23(2)16-29(42-19-38)35(52)55-13-10-26(39)32(49)45-20-43-30(17-24(3)4)36(53)56-14-11-27(40)33(50)46-21-44-31(18-25-8-6-5-7-9-25)37(54)57-15-12-28(41)34(51)47-22-48;1-5-4(2-6)3-7;2*1-2/h5-9,23-24,26-31,42-44,48H,10-22,38-41H2,1-4H3,(H,45,49)(H,46,50)(H,47,51);2,4-5,7H,3H2,1H3;2*2H,1H3/t26-,27-,28-,29-,30-,31-;4-;;/m01../s1. The van der Waals surface area contributed by atoms with E-state index >= 15 is 0 Å². The van der Waals surface area contributed by atoms with Crippen molar-refractivity contribution in [1.82, 2.24) is 37.2 Å². The third-order valence-electron chi connectivity index (χ3n) is 9.15. The third kappa shape index (κ3) is 34.3. The molecule has 0 aromatic heterocycles. The molecule has 1 aromatic rings. The summed E-state index contributed by atoms with van der Waals surface area (Å²) in [4.78, 5) is 85.0. The topological polar surface area (TPSA) is 376 Å². The Balaban J connectivity index is -0.00000345. The van der Waals surface area contributed by atoms with Crippen molar-refractivity contribution >= 4 is 67.2 Å². The van der Waals surface area contributed by atoms with Crippen LogP contribution in [0.2, 0.25) is 0 Å². The number of nitrogens with two attached hydrogens (primary N) is 4. The molecule has 0 aliphatic heterocycles. The Morgan fingerprint density at radius 1 is 0.632 bits per heavy atom. The average molecular weight is 1010 g/mol. The Morgan fingerprint density at radius 3 is 1.35 bits per heavy atom. The summed E-state index contributed by atoms with van der Waals surface area (Å²) in [6.07, 6.45) is 5.34. The Kier molecular flexibility index (Phi) is 44.4. The van der Waals surface area contributed by atoms with E-state index in [1.807, 2.05) is 58.0 Å². The molecule has 17 N–H and O–H groups in total. The maximum Gasteiger partial charge on any atom is 0.323 e. The molecule has 0 saturated heterocycles. The number of ether oxygens (including phenoxy) is 3. The van der Waals surface area contributed by atoms with Crippen molar-refractivity contribution in [2.24, 2.45) is 34.8 Å². The molecular formula is C43H83N11O12S2. The lowest BCUT2D eigenvalue weighted by atomic mass is 10.0. The second-order valence-corrected chi connectivity index (χ2v) is 15.5. The van der Waals surface area contributed by atoms with Gasteiger partial charge in [0.15, 0.2) is 0 Å². The molecule has 7 atom stereocenters. The highest BCUT2D eigenvalue weighted by Crippen LogP contribution is 2.09. The molecule has 0 fully saturated rings. The van der Waals surface area contributed by atoms with Gasteiger partial charge < -0.3 is 73.4 Å². The number of likely N-dealkylation sites (N-methyl/N-ethyl adjacent to an activating group) is 1. The highest BCUT2D eigenvalue weighted by Gasteiger charge is 2.25. The van der Waals surface area contributed by atoms with Gasteiger partial charge in [-0.3, -0.25) is 44.7 Å². The monoisotopic (exact) mass is 1010 g/mol. The van der Waals surface area contributed by atoms with Gasteiger partial charge in [0.1, 0.15) is 31.1 Å². The number of aliphatic hydroxyl groups excluding tert-OH is 2. The smallest absolute Gasteiger partial charge is 0.323 e. The van der Waals surface area contributed by atoms with Crippen LogP contribution < -0.4 is 60.2 Å². The van der Waals surface area contributed by atoms with Crippen LogP contribution in [-0.4, -0.2) is 167 Å². The number of thiol groups is 2. The van der Waals surface area contributed by atoms with E-state index < -0.39 is 78.6 Å². The number of benzene rings is 1. The summed E-state index contributed by atoms with van der Waals surface area (Å²) in [5, 5.41) is 35.8. The molecule has 0 aliphatic carbocycles. The Labute approximate surface area is 413 Å². The number of hydrogen-bond donors (Lipinski definition) is 15. The number of nitrogens with one attached hydrogen (secondary N) is 7. The van der Waals surface area contributed by atoms with E-state index in [2.05, 4.69) is 62.5 Å². The molecule has 25 heteroatoms. The van der Waals surface area contributed by atoms with Crippen molar-refractivity contribution in [1.29, 1.82) is 0 Å². The molecule has 0 saturated carbocycles. The van der Waals surface area contributed by atoms with Crippen LogP contribution in [0.25, 0.3) is 0 Å². The summed E-state index contributed by atoms with van der Waals surface area (Å²) in [7, 11) is 1.62. The second kappa shape index (κ2) is 44.2. The summed E-state index contributed by atoms with van der Waals surface area (Å²) >= 11 is 7.06. The second-order valence-electron chi connectivity index (χ2n) is 15.5. The van der Waals surface area contributed by atoms with Crippen LogP contribution in [0.3, 0.4) is 0 Å². The molecule has 1 aromatic carbocycles. The Hall–Kier alpha value is -3.99. The Morgan fingerprint density at radius 2 is 1.01 bits per heavy atom. The van der Waals surface area contributed by atoms with Gasteiger partial charge in [0.2, 0.25) is 17.7 Å². The van der Waals surface area contributed by atoms with Crippen LogP contribution in [0.1, 0.15) is 65.4 Å². The third-order valence-corrected chi connectivity index (χ3v) is 9.15. The molecule has 0 heterocycles. The maximum absolute atomic E-state index is 12.9. The molecule has 23 nitrogen and oxygen atoms in total. The molecule has 0 bridgehead atoms. The van der Waals surface area contributed by atoms with E-state index in [0.29, 0.717) is 19.1 Å². The van der Waals surface area contributed by atoms with Gasteiger partial charge in [0.05, 0.1) is 63.9 Å². The van der Waals surface area contributed by atoms with E-state index in [0.717, 1.165) is 5.56 Å². The minimum Gasteiger partial charge on any atom is -0.464 e. The highest BCUT2D eigenvalue weighted by molar-refractivity contribution is 7.79. The lowest BCUT2D eigenvalue weighted by Crippen LogP contribution is -2.50. The molecule has 1 rings (SSSR count). The van der Waals surface area contributed by atoms with Crippen LogP contribution in [-0.2, 0) is 54.2 Å². The van der Waals surface area contributed by atoms with Crippen molar-refractivity contribution < 1.29 is 58.0 Å². The summed E-state index contributed by atoms with van der Waals surface area (Å²) in [6, 6.07) is 3.55. The summed E-state index contributed by atoms with van der Waals surface area (Å²) in [5.74, 6) is -3.00. The van der Waals surface area contributed by atoms with E-state index in [-0.39, 0.29) is 90.0 Å². The van der Waals surface area contributed by atoms with Crippen molar-refractivity contribution in [2.45, 2.75) is 109 Å². The number of aldehydes is 1. The van der Waals surface area contributed by atoms with Crippen molar-refractivity contribution in [2.75, 3.05) is 72.7 Å². The van der Waals surface area contributed by atoms with Gasteiger partial charge in [-0.2, -0.15) is 25.3 Å². The van der Waals surface area contributed by atoms with E-state index in [1.54, 1.807) is 19.6 Å². The first-order chi connectivity index (χ1) is 32.4. The summed E-state index contributed by atoms with van der Waals surface area (Å²) in [6.45, 7) is 6.62. The van der Waals surface area contributed by atoms with Crippen LogP contribution in [0.5, 0.6) is 0 Å². The molecule has 0 spiro atoms. The zero-order chi connectivity index (χ0) is 52.5. The summed E-state index contributed by atoms with van der Waals surface area (Å²) < 4.78 is 16.0. The number of carbonyl (C=O) groups excluding carboxylic acids is 7. The highest BCUT2D eigenvalue weighted by atomic mass is 32.1. The van der Waals surface area contributed by atoms with Gasteiger partial charge in [-0.15, -0.1) is 0 Å². The SMILES string of the molecule is CC(C)C[C@H](NCN)C(=O)OCC[C@H](N)C(=O)NCN[C@@H](CC(C)C)C(=O)OCC[C@H](N)C(=O)NCN[C@@H](Cc1ccccc1)C(=O)OCC[C@H](N)C(=O)NCO.CN[C@H](C=O)CO.CS.CS. The fourth-order valence-electron chi connectivity index (χ4n) is 5.45. The lowest BCUT2D eigenvalue weighted by Gasteiger charge is -2.21. The van der Waals surface area contributed by atoms with E-state index in [1.165, 1.54) is 0 Å². The molecule has 0 unspecified atom stereocenters. The minimum absolute atomic E-state index is 0.00222. The van der Waals surface area contributed by atoms with Crippen molar-refractivity contribution in [3.05, 3.63) is 35.9 Å². The fraction of sp³-hybridized carbons (Fsp3) is 0.698. The Bertz CT molecular complexity index is 1510.